The number of amidine groups is 1. The van der Waals surface area contributed by atoms with Crippen molar-refractivity contribution in [3.05, 3.63) is 54.2 Å². The molecule has 1 aromatic carbocycles. The molecule has 3 nitrogen and oxygen atoms in total. The van der Waals surface area contributed by atoms with Crippen LogP contribution in [0.1, 0.15) is 5.69 Å². The van der Waals surface area contributed by atoms with E-state index in [1.54, 1.807) is 6.07 Å². The van der Waals surface area contributed by atoms with Crippen molar-refractivity contribution in [1.82, 2.24) is 4.98 Å². The van der Waals surface area contributed by atoms with Crippen LogP contribution < -0.4 is 5.73 Å². The molecule has 2 aromatic rings. The number of nitrogens with one attached hydrogen (secondary N) is 1. The minimum Gasteiger partial charge on any atom is -0.382 e. The topological polar surface area (TPSA) is 62.8 Å². The third-order valence-corrected chi connectivity index (χ3v) is 2.09. The molecule has 0 spiro atoms. The van der Waals surface area contributed by atoms with Gasteiger partial charge < -0.3 is 5.73 Å². The Kier molecular flexibility index (Phi) is 4.03. The first-order valence-electron chi connectivity index (χ1n) is 4.64. The van der Waals surface area contributed by atoms with E-state index in [9.17, 15) is 0 Å². The predicted molar refractivity (Wildman–Crippen MR) is 67.9 cm³/mol. The number of pyridine rings is 1. The van der Waals surface area contributed by atoms with E-state index in [1.807, 2.05) is 42.5 Å². The maximum Gasteiger partial charge on any atom is 0.141 e. The molecule has 0 unspecified atom stereocenters. The summed E-state index contributed by atoms with van der Waals surface area (Å²) in [6.45, 7) is 0. The molecule has 0 atom stereocenters. The summed E-state index contributed by atoms with van der Waals surface area (Å²) in [6.07, 6.45) is 0. The molecule has 1 heterocycles. The van der Waals surface area contributed by atoms with E-state index in [0.29, 0.717) is 5.69 Å². The quantitative estimate of drug-likeness (QED) is 0.618. The third kappa shape index (κ3) is 2.58. The SMILES string of the molecule is Cl.N=C(N)c1cccc(-c2ccccc2)n1. The van der Waals surface area contributed by atoms with E-state index in [-0.39, 0.29) is 18.2 Å². The molecule has 0 aliphatic heterocycles. The Labute approximate surface area is 100 Å². The predicted octanol–water partition coefficient (Wildman–Crippen LogP) is 2.45. The Morgan fingerprint density at radius 2 is 1.69 bits per heavy atom. The van der Waals surface area contributed by atoms with Gasteiger partial charge in [0.05, 0.1) is 5.69 Å². The molecule has 0 bridgehead atoms. The highest BCUT2D eigenvalue weighted by Crippen LogP contribution is 2.15. The fourth-order valence-corrected chi connectivity index (χ4v) is 1.35. The zero-order valence-electron chi connectivity index (χ0n) is 8.55. The second kappa shape index (κ2) is 5.28. The van der Waals surface area contributed by atoms with Crippen LogP contribution in [0.25, 0.3) is 11.3 Å². The van der Waals surface area contributed by atoms with Gasteiger partial charge in [-0.15, -0.1) is 12.4 Å². The highest BCUT2D eigenvalue weighted by molar-refractivity contribution is 5.93. The number of nitrogens with two attached hydrogens (primary N) is 1. The summed E-state index contributed by atoms with van der Waals surface area (Å²) in [7, 11) is 0. The molecule has 0 saturated carbocycles. The van der Waals surface area contributed by atoms with Crippen molar-refractivity contribution in [3.8, 4) is 11.3 Å². The molecule has 0 radical (unpaired) electrons. The molecule has 0 amide bonds. The number of halogens is 1. The van der Waals surface area contributed by atoms with Gasteiger partial charge in [0, 0.05) is 5.56 Å². The van der Waals surface area contributed by atoms with Gasteiger partial charge in [0.25, 0.3) is 0 Å². The molecular weight excluding hydrogens is 222 g/mol. The van der Waals surface area contributed by atoms with Crippen molar-refractivity contribution >= 4 is 18.2 Å². The lowest BCUT2D eigenvalue weighted by atomic mass is 10.1. The average molecular weight is 234 g/mol. The normalized spacial score (nSPS) is 9.25. The van der Waals surface area contributed by atoms with Gasteiger partial charge in [0.15, 0.2) is 0 Å². The Bertz CT molecular complexity index is 483. The second-order valence-electron chi connectivity index (χ2n) is 3.19. The molecular formula is C12H12ClN3. The molecule has 2 rings (SSSR count). The summed E-state index contributed by atoms with van der Waals surface area (Å²) >= 11 is 0. The first-order chi connectivity index (χ1) is 7.27. The summed E-state index contributed by atoms with van der Waals surface area (Å²) < 4.78 is 0. The van der Waals surface area contributed by atoms with Crippen molar-refractivity contribution in [3.63, 3.8) is 0 Å². The third-order valence-electron chi connectivity index (χ3n) is 2.09. The Morgan fingerprint density at radius 3 is 2.31 bits per heavy atom. The minimum absolute atomic E-state index is 0. The standard InChI is InChI=1S/C12H11N3.ClH/c13-12(14)11-8-4-7-10(15-11)9-5-2-1-3-6-9;/h1-8H,(H3,13,14);1H. The van der Waals surface area contributed by atoms with Gasteiger partial charge in [-0.05, 0) is 12.1 Å². The summed E-state index contributed by atoms with van der Waals surface area (Å²) in [5.41, 5.74) is 7.76. The Balaban J connectivity index is 0.00000128. The van der Waals surface area contributed by atoms with Crippen LogP contribution in [0.3, 0.4) is 0 Å². The van der Waals surface area contributed by atoms with Gasteiger partial charge >= 0.3 is 0 Å². The molecule has 3 N–H and O–H groups in total. The summed E-state index contributed by atoms with van der Waals surface area (Å²) in [5, 5.41) is 7.31. The van der Waals surface area contributed by atoms with Crippen molar-refractivity contribution in [2.45, 2.75) is 0 Å². The van der Waals surface area contributed by atoms with Crippen LogP contribution in [0.2, 0.25) is 0 Å². The van der Waals surface area contributed by atoms with Gasteiger partial charge in [-0.1, -0.05) is 36.4 Å². The van der Waals surface area contributed by atoms with E-state index < -0.39 is 0 Å². The molecule has 0 fully saturated rings. The van der Waals surface area contributed by atoms with E-state index in [0.717, 1.165) is 11.3 Å². The number of hydrogen-bond acceptors (Lipinski definition) is 2. The first-order valence-corrected chi connectivity index (χ1v) is 4.64. The monoisotopic (exact) mass is 233 g/mol. The smallest absolute Gasteiger partial charge is 0.141 e. The zero-order chi connectivity index (χ0) is 10.7. The zero-order valence-corrected chi connectivity index (χ0v) is 9.37. The Hall–Kier alpha value is -1.87. The highest BCUT2D eigenvalue weighted by Gasteiger charge is 2.01. The molecule has 4 heteroatoms. The fraction of sp³-hybridized carbons (Fsp3) is 0. The lowest BCUT2D eigenvalue weighted by Crippen LogP contribution is -2.13. The van der Waals surface area contributed by atoms with Crippen molar-refractivity contribution in [1.29, 1.82) is 5.41 Å². The fourth-order valence-electron chi connectivity index (χ4n) is 1.35. The van der Waals surface area contributed by atoms with Crippen LogP contribution >= 0.6 is 12.4 Å². The van der Waals surface area contributed by atoms with Crippen LogP contribution in [-0.4, -0.2) is 10.8 Å². The van der Waals surface area contributed by atoms with Crippen molar-refractivity contribution < 1.29 is 0 Å². The summed E-state index contributed by atoms with van der Waals surface area (Å²) in [4.78, 5) is 4.29. The lowest BCUT2D eigenvalue weighted by molar-refractivity contribution is 1.26. The minimum atomic E-state index is -0.00668. The van der Waals surface area contributed by atoms with Crippen LogP contribution in [0.5, 0.6) is 0 Å². The van der Waals surface area contributed by atoms with Crippen molar-refractivity contribution in [2.75, 3.05) is 0 Å². The van der Waals surface area contributed by atoms with E-state index in [2.05, 4.69) is 4.98 Å². The van der Waals surface area contributed by atoms with Crippen LogP contribution in [0, 0.1) is 5.41 Å². The number of nitrogen functional groups attached to an aromatic ring is 1. The molecule has 0 saturated heterocycles. The molecule has 82 valence electrons. The first kappa shape index (κ1) is 12.2. The van der Waals surface area contributed by atoms with Gasteiger partial charge in [-0.25, -0.2) is 4.98 Å². The van der Waals surface area contributed by atoms with Crippen LogP contribution in [0.15, 0.2) is 48.5 Å². The van der Waals surface area contributed by atoms with E-state index in [1.165, 1.54) is 0 Å². The van der Waals surface area contributed by atoms with E-state index in [4.69, 9.17) is 11.1 Å². The largest absolute Gasteiger partial charge is 0.382 e. The van der Waals surface area contributed by atoms with Gasteiger partial charge in [-0.2, -0.15) is 0 Å². The maximum absolute atomic E-state index is 7.31. The van der Waals surface area contributed by atoms with Gasteiger partial charge in [0.2, 0.25) is 0 Å². The van der Waals surface area contributed by atoms with Gasteiger partial charge in [0.1, 0.15) is 11.5 Å². The number of benzene rings is 1. The number of aromatic nitrogens is 1. The molecule has 16 heavy (non-hydrogen) atoms. The lowest BCUT2D eigenvalue weighted by Gasteiger charge is -2.02. The summed E-state index contributed by atoms with van der Waals surface area (Å²) in [6, 6.07) is 15.3. The second-order valence-corrected chi connectivity index (χ2v) is 3.19. The number of rotatable bonds is 2. The number of nitrogens with zero attached hydrogens (tertiary/aromatic N) is 1. The average Bonchev–Trinajstić information content (AvgIpc) is 2.30. The van der Waals surface area contributed by atoms with E-state index >= 15 is 0 Å². The van der Waals surface area contributed by atoms with Crippen molar-refractivity contribution in [2.24, 2.45) is 5.73 Å². The van der Waals surface area contributed by atoms with Crippen LogP contribution in [0.4, 0.5) is 0 Å². The molecule has 0 aliphatic carbocycles. The maximum atomic E-state index is 7.31. The van der Waals surface area contributed by atoms with Crippen LogP contribution in [-0.2, 0) is 0 Å². The van der Waals surface area contributed by atoms with Gasteiger partial charge in [-0.3, -0.25) is 5.41 Å². The Morgan fingerprint density at radius 1 is 1.00 bits per heavy atom. The number of hydrogen-bond donors (Lipinski definition) is 2. The molecule has 1 aromatic heterocycles. The summed E-state index contributed by atoms with van der Waals surface area (Å²) in [5.74, 6) is -0.00668. The highest BCUT2D eigenvalue weighted by atomic mass is 35.5. The molecule has 0 aliphatic rings.